The first-order valence-electron chi connectivity index (χ1n) is 9.97. The maximum atomic E-state index is 13.2. The van der Waals surface area contributed by atoms with E-state index in [0.29, 0.717) is 40.0 Å². The van der Waals surface area contributed by atoms with E-state index in [0.717, 1.165) is 31.2 Å². The number of aromatic nitrogens is 2. The second-order valence-corrected chi connectivity index (χ2v) is 8.61. The van der Waals surface area contributed by atoms with E-state index in [1.54, 1.807) is 6.92 Å². The standard InChI is InChI=1S/C22H23FN4O2/c1-11-16(18(24)28)17-20(27-22(2)7-8-22)25-19(26-21(17)29-11)14-9-13(10-14)12-3-5-15(23)6-4-12/h3-6,13-14H,7-10H2,1-2H3,(H2,24,28)(H,25,26,27). The third kappa shape index (κ3) is 3.14. The molecular weight excluding hydrogens is 371 g/mol. The SMILES string of the molecule is Cc1oc2nc(C3CC(c4ccc(F)cc4)C3)nc(NC3(C)CC3)c2c1C(N)=O. The van der Waals surface area contributed by atoms with Crippen molar-refractivity contribution in [1.82, 2.24) is 9.97 Å². The van der Waals surface area contributed by atoms with Crippen molar-refractivity contribution in [2.75, 3.05) is 5.32 Å². The van der Waals surface area contributed by atoms with Gasteiger partial charge in [0, 0.05) is 11.5 Å². The van der Waals surface area contributed by atoms with Crippen molar-refractivity contribution in [3.05, 3.63) is 52.8 Å². The van der Waals surface area contributed by atoms with Gasteiger partial charge in [0.1, 0.15) is 23.2 Å². The van der Waals surface area contributed by atoms with E-state index in [-0.39, 0.29) is 17.3 Å². The molecule has 2 heterocycles. The Hall–Kier alpha value is -2.96. The van der Waals surface area contributed by atoms with Gasteiger partial charge in [0.25, 0.3) is 5.91 Å². The van der Waals surface area contributed by atoms with E-state index in [1.807, 2.05) is 12.1 Å². The van der Waals surface area contributed by atoms with Crippen LogP contribution in [0, 0.1) is 12.7 Å². The molecule has 3 aromatic rings. The van der Waals surface area contributed by atoms with Crippen LogP contribution in [0.15, 0.2) is 28.7 Å². The minimum atomic E-state index is -0.540. The highest BCUT2D eigenvalue weighted by atomic mass is 19.1. The molecule has 2 aliphatic rings. The van der Waals surface area contributed by atoms with Crippen LogP contribution in [0.1, 0.15) is 71.9 Å². The number of carbonyl (C=O) groups is 1. The van der Waals surface area contributed by atoms with Crippen LogP contribution in [-0.4, -0.2) is 21.4 Å². The molecule has 0 radical (unpaired) electrons. The minimum absolute atomic E-state index is 0.0189. The fourth-order valence-electron chi connectivity index (χ4n) is 4.13. The third-order valence-electron chi connectivity index (χ3n) is 6.26. The van der Waals surface area contributed by atoms with Gasteiger partial charge in [-0.15, -0.1) is 0 Å². The normalized spacial score (nSPS) is 22.3. The Morgan fingerprint density at radius 3 is 2.52 bits per heavy atom. The van der Waals surface area contributed by atoms with Gasteiger partial charge in [0.15, 0.2) is 0 Å². The van der Waals surface area contributed by atoms with Crippen LogP contribution in [0.3, 0.4) is 0 Å². The van der Waals surface area contributed by atoms with Crippen LogP contribution in [0.4, 0.5) is 10.2 Å². The summed E-state index contributed by atoms with van der Waals surface area (Å²) in [4.78, 5) is 21.4. The average Bonchev–Trinajstić information content (AvgIpc) is 3.23. The van der Waals surface area contributed by atoms with Crippen molar-refractivity contribution in [3.63, 3.8) is 0 Å². The van der Waals surface area contributed by atoms with Crippen LogP contribution in [0.2, 0.25) is 0 Å². The molecule has 0 spiro atoms. The van der Waals surface area contributed by atoms with Gasteiger partial charge in [-0.25, -0.2) is 9.37 Å². The first-order valence-corrected chi connectivity index (χ1v) is 9.97. The molecule has 0 unspecified atom stereocenters. The molecular formula is C22H23FN4O2. The number of hydrogen-bond acceptors (Lipinski definition) is 5. The Balaban J connectivity index is 1.49. The second kappa shape index (κ2) is 6.27. The third-order valence-corrected chi connectivity index (χ3v) is 6.26. The van der Waals surface area contributed by atoms with E-state index in [2.05, 4.69) is 17.2 Å². The van der Waals surface area contributed by atoms with Gasteiger partial charge in [-0.3, -0.25) is 4.79 Å². The number of rotatable bonds is 5. The lowest BCUT2D eigenvalue weighted by Gasteiger charge is -2.34. The van der Waals surface area contributed by atoms with Crippen molar-refractivity contribution in [2.24, 2.45) is 5.73 Å². The molecule has 1 aromatic carbocycles. The molecule has 5 rings (SSSR count). The number of anilines is 1. The van der Waals surface area contributed by atoms with E-state index in [9.17, 15) is 9.18 Å². The van der Waals surface area contributed by atoms with E-state index in [4.69, 9.17) is 15.1 Å². The summed E-state index contributed by atoms with van der Waals surface area (Å²) in [6.45, 7) is 3.85. The van der Waals surface area contributed by atoms with Crippen LogP contribution in [-0.2, 0) is 0 Å². The van der Waals surface area contributed by atoms with Gasteiger partial charge in [0.05, 0.1) is 10.9 Å². The summed E-state index contributed by atoms with van der Waals surface area (Å²) in [6.07, 6.45) is 3.89. The molecule has 29 heavy (non-hydrogen) atoms. The van der Waals surface area contributed by atoms with Gasteiger partial charge < -0.3 is 15.5 Å². The van der Waals surface area contributed by atoms with Crippen molar-refractivity contribution in [2.45, 2.75) is 56.9 Å². The fourth-order valence-corrected chi connectivity index (χ4v) is 4.13. The first-order chi connectivity index (χ1) is 13.8. The summed E-state index contributed by atoms with van der Waals surface area (Å²) in [7, 11) is 0. The van der Waals surface area contributed by atoms with Crippen molar-refractivity contribution >= 4 is 22.8 Å². The van der Waals surface area contributed by atoms with Crippen molar-refractivity contribution in [3.8, 4) is 0 Å². The quantitative estimate of drug-likeness (QED) is 0.669. The molecule has 7 heteroatoms. The lowest BCUT2D eigenvalue weighted by atomic mass is 9.71. The lowest BCUT2D eigenvalue weighted by Crippen LogP contribution is -2.24. The number of primary amides is 1. The number of carbonyl (C=O) groups excluding carboxylic acids is 1. The largest absolute Gasteiger partial charge is 0.442 e. The summed E-state index contributed by atoms with van der Waals surface area (Å²) in [5.74, 6) is 1.61. The summed E-state index contributed by atoms with van der Waals surface area (Å²) >= 11 is 0. The highest BCUT2D eigenvalue weighted by molar-refractivity contribution is 6.09. The Labute approximate surface area is 167 Å². The van der Waals surface area contributed by atoms with Gasteiger partial charge in [0.2, 0.25) is 5.71 Å². The summed E-state index contributed by atoms with van der Waals surface area (Å²) in [6, 6.07) is 6.69. The van der Waals surface area contributed by atoms with Crippen LogP contribution >= 0.6 is 0 Å². The maximum Gasteiger partial charge on any atom is 0.253 e. The maximum absolute atomic E-state index is 13.2. The molecule has 0 bridgehead atoms. The van der Waals surface area contributed by atoms with E-state index < -0.39 is 5.91 Å². The highest BCUT2D eigenvalue weighted by Gasteiger charge is 2.40. The Kier molecular flexibility index (Phi) is 3.91. The van der Waals surface area contributed by atoms with Crippen LogP contribution < -0.4 is 11.1 Å². The Morgan fingerprint density at radius 2 is 1.90 bits per heavy atom. The topological polar surface area (TPSA) is 94.0 Å². The van der Waals surface area contributed by atoms with Gasteiger partial charge in [-0.1, -0.05) is 12.1 Å². The molecule has 3 N–H and O–H groups in total. The van der Waals surface area contributed by atoms with Crippen LogP contribution in [0.5, 0.6) is 0 Å². The first kappa shape index (κ1) is 18.1. The number of halogens is 1. The number of hydrogen-bond donors (Lipinski definition) is 2. The molecule has 2 aromatic heterocycles. The Bertz CT molecular complexity index is 1110. The zero-order valence-electron chi connectivity index (χ0n) is 16.5. The van der Waals surface area contributed by atoms with Crippen molar-refractivity contribution < 1.29 is 13.6 Å². The number of nitrogens with zero attached hydrogens (tertiary/aromatic N) is 2. The minimum Gasteiger partial charge on any atom is -0.442 e. The number of aryl methyl sites for hydroxylation is 1. The number of nitrogens with one attached hydrogen (secondary N) is 1. The summed E-state index contributed by atoms with van der Waals surface area (Å²) in [5, 5.41) is 4.05. The van der Waals surface area contributed by atoms with E-state index >= 15 is 0 Å². The number of nitrogens with two attached hydrogens (primary N) is 1. The number of furan rings is 1. The predicted octanol–water partition coefficient (Wildman–Crippen LogP) is 4.39. The monoisotopic (exact) mass is 394 g/mol. The molecule has 2 fully saturated rings. The van der Waals surface area contributed by atoms with Gasteiger partial charge in [-0.05, 0) is 63.1 Å². The fraction of sp³-hybridized carbons (Fsp3) is 0.409. The number of benzene rings is 1. The molecule has 2 saturated carbocycles. The zero-order chi connectivity index (χ0) is 20.3. The molecule has 2 aliphatic carbocycles. The van der Waals surface area contributed by atoms with E-state index in [1.165, 1.54) is 12.1 Å². The predicted molar refractivity (Wildman–Crippen MR) is 107 cm³/mol. The molecule has 150 valence electrons. The number of fused-ring (bicyclic) bond motifs is 1. The smallest absolute Gasteiger partial charge is 0.253 e. The molecule has 1 amide bonds. The molecule has 0 atom stereocenters. The zero-order valence-corrected chi connectivity index (χ0v) is 16.5. The van der Waals surface area contributed by atoms with Gasteiger partial charge >= 0.3 is 0 Å². The summed E-state index contributed by atoms with van der Waals surface area (Å²) in [5.41, 5.74) is 7.46. The molecule has 0 aliphatic heterocycles. The van der Waals surface area contributed by atoms with Gasteiger partial charge in [-0.2, -0.15) is 4.98 Å². The highest BCUT2D eigenvalue weighted by Crippen LogP contribution is 2.48. The number of amides is 1. The molecule has 0 saturated heterocycles. The Morgan fingerprint density at radius 1 is 1.21 bits per heavy atom. The molecule has 6 nitrogen and oxygen atoms in total. The summed E-state index contributed by atoms with van der Waals surface area (Å²) < 4.78 is 19.0. The van der Waals surface area contributed by atoms with Crippen LogP contribution in [0.25, 0.3) is 11.1 Å². The van der Waals surface area contributed by atoms with Crippen molar-refractivity contribution in [1.29, 1.82) is 0 Å². The lowest BCUT2D eigenvalue weighted by molar-refractivity contribution is 0.1000. The average molecular weight is 394 g/mol. The second-order valence-electron chi connectivity index (χ2n) is 8.61.